The van der Waals surface area contributed by atoms with Crippen LogP contribution >= 0.6 is 0 Å². The molecule has 3 aliphatic heterocycles. The molecule has 0 radical (unpaired) electrons. The van der Waals surface area contributed by atoms with Gasteiger partial charge in [0.05, 0.1) is 53.0 Å². The van der Waals surface area contributed by atoms with Crippen molar-refractivity contribution < 1.29 is 58.3 Å². The third-order valence-corrected chi connectivity index (χ3v) is 13.2. The van der Waals surface area contributed by atoms with Crippen LogP contribution in [0.1, 0.15) is 102 Å². The Balaban J connectivity index is 0.879. The molecular weight excluding hydrogens is 943 g/mol. The molecule has 0 aromatic heterocycles. The highest BCUT2D eigenvalue weighted by atomic mass is 16.5. The van der Waals surface area contributed by atoms with Crippen LogP contribution in [-0.4, -0.2) is 123 Å². The first-order valence-electron chi connectivity index (χ1n) is 23.3. The van der Waals surface area contributed by atoms with Crippen LogP contribution in [0.5, 0.6) is 17.2 Å². The Bertz CT molecular complexity index is 3040. The number of terminal acetylenes is 3. The Morgan fingerprint density at radius 2 is 0.649 bits per heavy atom. The molecule has 3 unspecified atom stereocenters. The van der Waals surface area contributed by atoms with Crippen LogP contribution in [0.3, 0.4) is 0 Å². The van der Waals surface area contributed by atoms with Gasteiger partial charge in [-0.2, -0.15) is 0 Å². The summed E-state index contributed by atoms with van der Waals surface area (Å²) in [5.41, 5.74) is 4.07. The number of hydrogen-bond acceptors (Lipinski definition) is 12. The van der Waals surface area contributed by atoms with Gasteiger partial charge in [0.2, 0.25) is 0 Å². The van der Waals surface area contributed by atoms with Gasteiger partial charge < -0.3 is 29.5 Å². The highest BCUT2D eigenvalue weighted by molar-refractivity contribution is 6.23. The lowest BCUT2D eigenvalue weighted by Crippen LogP contribution is -2.39. The van der Waals surface area contributed by atoms with Gasteiger partial charge in [0.1, 0.15) is 55.4 Å². The number of carbonyl (C=O) groups excluding carboxylic acids is 6. The zero-order valence-electron chi connectivity index (χ0n) is 39.7. The number of hydrogen-bond donors (Lipinski definition) is 3. The number of fused-ring (bicyclic) bond motifs is 3. The molecule has 368 valence electrons. The maximum atomic E-state index is 13.1. The molecule has 6 aromatic carbocycles. The molecule has 3 heterocycles. The summed E-state index contributed by atoms with van der Waals surface area (Å²) >= 11 is 0. The number of nitrogens with zero attached hydrogens (tertiary/aromatic N) is 3. The molecule has 0 saturated carbocycles. The number of imide groups is 3. The van der Waals surface area contributed by atoms with Crippen LogP contribution in [0.15, 0.2) is 127 Å². The van der Waals surface area contributed by atoms with Gasteiger partial charge in [0.25, 0.3) is 35.4 Å². The first kappa shape index (κ1) is 49.7. The Morgan fingerprint density at radius 1 is 0.405 bits per heavy atom. The molecule has 15 nitrogen and oxygen atoms in total. The van der Waals surface area contributed by atoms with Crippen molar-refractivity contribution in [2.24, 2.45) is 0 Å². The topological polar surface area (TPSA) is 201 Å². The summed E-state index contributed by atoms with van der Waals surface area (Å²) in [5, 5.41) is 32.7. The Morgan fingerprint density at radius 3 is 0.892 bits per heavy atom. The zero-order valence-corrected chi connectivity index (χ0v) is 39.7. The van der Waals surface area contributed by atoms with E-state index in [2.05, 4.69) is 17.8 Å². The Labute approximate surface area is 425 Å². The second kappa shape index (κ2) is 20.4. The van der Waals surface area contributed by atoms with Crippen molar-refractivity contribution in [3.8, 4) is 54.3 Å². The minimum atomic E-state index is -1.21. The van der Waals surface area contributed by atoms with Crippen molar-refractivity contribution in [3.63, 3.8) is 0 Å². The molecule has 0 bridgehead atoms. The maximum Gasteiger partial charge on any atom is 0.261 e. The lowest BCUT2D eigenvalue weighted by molar-refractivity contribution is 0.0449. The molecule has 6 aromatic rings. The van der Waals surface area contributed by atoms with Crippen LogP contribution < -0.4 is 14.2 Å². The van der Waals surface area contributed by atoms with Crippen molar-refractivity contribution in [1.29, 1.82) is 0 Å². The summed E-state index contributed by atoms with van der Waals surface area (Å²) in [6.07, 6.45) is 12.8. The molecule has 3 aliphatic rings. The number of rotatable bonds is 18. The van der Waals surface area contributed by atoms with E-state index in [0.29, 0.717) is 33.9 Å². The predicted molar refractivity (Wildman–Crippen MR) is 269 cm³/mol. The average molecular weight is 988 g/mol. The average Bonchev–Trinajstić information content (AvgIpc) is 3.91. The number of amides is 6. The van der Waals surface area contributed by atoms with Crippen molar-refractivity contribution in [3.05, 3.63) is 194 Å². The van der Waals surface area contributed by atoms with E-state index < -0.39 is 59.2 Å². The number of benzene rings is 6. The number of aliphatic hydroxyl groups is 3. The summed E-state index contributed by atoms with van der Waals surface area (Å²) < 4.78 is 17.8. The minimum Gasteiger partial charge on any atom is -0.491 e. The predicted octanol–water partition coefficient (Wildman–Crippen LogP) is 5.09. The van der Waals surface area contributed by atoms with E-state index >= 15 is 0 Å². The smallest absolute Gasteiger partial charge is 0.261 e. The normalized spacial score (nSPS) is 15.6. The second-order valence-corrected chi connectivity index (χ2v) is 18.0. The maximum absolute atomic E-state index is 13.1. The lowest BCUT2D eigenvalue weighted by Gasteiger charge is -2.32. The summed E-state index contributed by atoms with van der Waals surface area (Å²) in [7, 11) is 0. The van der Waals surface area contributed by atoms with Gasteiger partial charge in [-0.15, -0.1) is 19.3 Å². The van der Waals surface area contributed by atoms with E-state index in [-0.39, 0.29) is 72.8 Å². The largest absolute Gasteiger partial charge is 0.491 e. The fourth-order valence-corrected chi connectivity index (χ4v) is 9.16. The molecule has 3 atom stereocenters. The van der Waals surface area contributed by atoms with Gasteiger partial charge in [-0.3, -0.25) is 43.5 Å². The molecule has 9 rings (SSSR count). The molecule has 3 N–H and O–H groups in total. The van der Waals surface area contributed by atoms with Crippen molar-refractivity contribution in [1.82, 2.24) is 14.7 Å². The number of carbonyl (C=O) groups is 6. The first-order valence-corrected chi connectivity index (χ1v) is 23.3. The third kappa shape index (κ3) is 9.48. The lowest BCUT2D eigenvalue weighted by atomic mass is 9.71. The number of ether oxygens (including phenoxy) is 3. The monoisotopic (exact) mass is 987 g/mol. The van der Waals surface area contributed by atoms with E-state index in [1.54, 1.807) is 54.6 Å². The van der Waals surface area contributed by atoms with E-state index in [4.69, 9.17) is 33.5 Å². The number of aliphatic hydroxyl groups excluding tert-OH is 3. The SMILES string of the molecule is C#Cc1ccc2c(c1)C(=O)N(CC(O)COc1ccc(C(C)(c3ccc(OCC(O)CN4C(=O)c5ccc(C#C)cc5C4=O)cc3)c3ccc(OCC(O)CN4C(=O)c5ccc(C#C)cc5C4=O)cc3)cc1)C2=O. The third-order valence-electron chi connectivity index (χ3n) is 13.2. The van der Waals surface area contributed by atoms with E-state index in [1.807, 2.05) is 43.3 Å². The molecule has 0 aliphatic carbocycles. The summed E-state index contributed by atoms with van der Waals surface area (Å²) in [5.74, 6) is 5.28. The Kier molecular flexibility index (Phi) is 13.7. The second-order valence-electron chi connectivity index (χ2n) is 18.0. The molecular formula is C59H45N3O12. The quantitative estimate of drug-likeness (QED) is 0.0587. The molecule has 74 heavy (non-hydrogen) atoms. The van der Waals surface area contributed by atoms with Crippen molar-refractivity contribution in [2.45, 2.75) is 30.7 Å². The number of β-amino-alcohol motifs (C(OH)–C–C–N with tert-alkyl or cyclic N) is 3. The van der Waals surface area contributed by atoms with Crippen LogP contribution in [-0.2, 0) is 5.41 Å². The summed E-state index contributed by atoms with van der Waals surface area (Å²) in [6, 6.07) is 35.1. The molecule has 0 saturated heterocycles. The highest BCUT2D eigenvalue weighted by Crippen LogP contribution is 2.41. The van der Waals surface area contributed by atoms with Gasteiger partial charge in [0.15, 0.2) is 0 Å². The molecule has 0 spiro atoms. The fourth-order valence-electron chi connectivity index (χ4n) is 9.16. The minimum absolute atomic E-state index is 0.176. The van der Waals surface area contributed by atoms with Crippen LogP contribution in [0.25, 0.3) is 0 Å². The summed E-state index contributed by atoms with van der Waals surface area (Å²) in [6.45, 7) is 0.410. The molecule has 0 fully saturated rings. The van der Waals surface area contributed by atoms with Gasteiger partial charge in [0, 0.05) is 22.1 Å². The van der Waals surface area contributed by atoms with Crippen LogP contribution in [0.2, 0.25) is 0 Å². The standard InChI is InChI=1S/C59H45N3O12/c1-5-35-8-23-47-50(26-35)56(69)60(53(47)66)29-41(63)32-72-44-17-11-38(12-18-44)59(4,39-13-19-45(20-14-39)73-33-42(64)30-61-54(67)48-24-9-36(6-2)27-51(48)57(61)70)40-15-21-46(22-16-40)74-34-43(65)31-62-55(68)49-25-10-37(7-3)28-52(49)58(62)71/h1-3,8-28,41-43,63-65H,29-34H2,4H3. The van der Waals surface area contributed by atoms with Crippen molar-refractivity contribution in [2.75, 3.05) is 39.5 Å². The van der Waals surface area contributed by atoms with E-state index in [0.717, 1.165) is 31.4 Å². The van der Waals surface area contributed by atoms with Crippen molar-refractivity contribution >= 4 is 35.4 Å². The van der Waals surface area contributed by atoms with Gasteiger partial charge >= 0.3 is 0 Å². The first-order chi connectivity index (χ1) is 35.6. The zero-order chi connectivity index (χ0) is 52.4. The fraction of sp³-hybridized carbons (Fsp3) is 0.186. The van der Waals surface area contributed by atoms with Crippen LogP contribution in [0, 0.1) is 37.0 Å². The van der Waals surface area contributed by atoms with E-state index in [9.17, 15) is 44.1 Å². The van der Waals surface area contributed by atoms with E-state index in [1.165, 1.54) is 36.4 Å². The molecule has 6 amide bonds. The van der Waals surface area contributed by atoms with Gasteiger partial charge in [-0.05, 0) is 115 Å². The van der Waals surface area contributed by atoms with Gasteiger partial charge in [-0.1, -0.05) is 54.2 Å². The Hall–Kier alpha value is -9.30. The summed E-state index contributed by atoms with van der Waals surface area (Å²) in [4.78, 5) is 81.1. The van der Waals surface area contributed by atoms with Gasteiger partial charge in [-0.25, -0.2) is 0 Å². The highest BCUT2D eigenvalue weighted by Gasteiger charge is 2.40. The molecule has 15 heteroatoms. The van der Waals surface area contributed by atoms with Crippen LogP contribution in [0.4, 0.5) is 0 Å².